The molecule has 0 amide bonds. The third-order valence-electron chi connectivity index (χ3n) is 3.32. The highest BCUT2D eigenvalue weighted by Gasteiger charge is 2.08. The fourth-order valence-corrected chi connectivity index (χ4v) is 2.30. The van der Waals surface area contributed by atoms with Crippen molar-refractivity contribution in [2.24, 2.45) is 0 Å². The Labute approximate surface area is 128 Å². The van der Waals surface area contributed by atoms with Gasteiger partial charge in [-0.15, -0.1) is 0 Å². The van der Waals surface area contributed by atoms with Gasteiger partial charge in [0.1, 0.15) is 23.9 Å². The fourth-order valence-electron chi connectivity index (χ4n) is 2.30. The van der Waals surface area contributed by atoms with Crippen molar-refractivity contribution in [3.8, 4) is 22.6 Å². The third kappa shape index (κ3) is 3.26. The van der Waals surface area contributed by atoms with E-state index in [9.17, 15) is 9.50 Å². The molecule has 0 aromatic heterocycles. The minimum absolute atomic E-state index is 0.104. The van der Waals surface area contributed by atoms with Crippen LogP contribution in [0.1, 0.15) is 5.56 Å². The Morgan fingerprint density at radius 2 is 1.59 bits per heavy atom. The van der Waals surface area contributed by atoms with Crippen molar-refractivity contribution >= 4 is 0 Å². The zero-order valence-corrected chi connectivity index (χ0v) is 11.9. The molecule has 0 fully saturated rings. The molecule has 22 heavy (non-hydrogen) atoms. The first-order valence-electron chi connectivity index (χ1n) is 6.98. The summed E-state index contributed by atoms with van der Waals surface area (Å²) in [7, 11) is 0. The maximum absolute atomic E-state index is 13.5. The quantitative estimate of drug-likeness (QED) is 0.750. The van der Waals surface area contributed by atoms with Crippen LogP contribution in [0.4, 0.5) is 4.39 Å². The van der Waals surface area contributed by atoms with Crippen LogP contribution in [0.3, 0.4) is 0 Å². The van der Waals surface area contributed by atoms with Crippen molar-refractivity contribution < 1.29 is 14.2 Å². The lowest BCUT2D eigenvalue weighted by Gasteiger charge is -2.12. The summed E-state index contributed by atoms with van der Waals surface area (Å²) in [6, 6.07) is 21.2. The van der Waals surface area contributed by atoms with Crippen LogP contribution in [0.2, 0.25) is 0 Å². The number of hydrogen-bond acceptors (Lipinski definition) is 2. The van der Waals surface area contributed by atoms with Crippen LogP contribution in [-0.2, 0) is 6.61 Å². The second-order valence-corrected chi connectivity index (χ2v) is 4.97. The lowest BCUT2D eigenvalue weighted by Crippen LogP contribution is -1.96. The highest BCUT2D eigenvalue weighted by molar-refractivity contribution is 5.71. The molecular formula is C19H15FO2. The largest absolute Gasteiger partial charge is 0.508 e. The number of aromatic hydroxyl groups is 1. The topological polar surface area (TPSA) is 29.5 Å². The third-order valence-corrected chi connectivity index (χ3v) is 3.32. The molecule has 0 heterocycles. The van der Waals surface area contributed by atoms with Crippen molar-refractivity contribution in [3.05, 3.63) is 84.2 Å². The van der Waals surface area contributed by atoms with Crippen LogP contribution in [-0.4, -0.2) is 5.11 Å². The van der Waals surface area contributed by atoms with Crippen molar-refractivity contribution in [2.45, 2.75) is 6.61 Å². The number of ether oxygens (including phenoxy) is 1. The average Bonchev–Trinajstić information content (AvgIpc) is 2.53. The number of hydrogen-bond donors (Lipinski definition) is 1. The Morgan fingerprint density at radius 3 is 2.36 bits per heavy atom. The van der Waals surface area contributed by atoms with E-state index in [1.807, 2.05) is 54.6 Å². The predicted molar refractivity (Wildman–Crippen MR) is 84.3 cm³/mol. The summed E-state index contributed by atoms with van der Waals surface area (Å²) in [5.74, 6) is 0.0667. The lowest BCUT2D eigenvalue weighted by atomic mass is 10.0. The lowest BCUT2D eigenvalue weighted by molar-refractivity contribution is 0.307. The summed E-state index contributed by atoms with van der Waals surface area (Å²) in [6.45, 7) is 0.430. The standard InChI is InChI=1S/C19H15FO2/c20-16-10-15(11-17(21)12-16)18-8-4-5-9-19(18)22-13-14-6-2-1-3-7-14/h1-12,21H,13H2. The Morgan fingerprint density at radius 1 is 0.864 bits per heavy atom. The second kappa shape index (κ2) is 6.31. The molecule has 0 unspecified atom stereocenters. The van der Waals surface area contributed by atoms with Crippen LogP contribution in [0.15, 0.2) is 72.8 Å². The van der Waals surface area contributed by atoms with Crippen LogP contribution in [0.25, 0.3) is 11.1 Å². The van der Waals surface area contributed by atoms with Crippen molar-refractivity contribution in [2.75, 3.05) is 0 Å². The van der Waals surface area contributed by atoms with Crippen molar-refractivity contribution in [1.82, 2.24) is 0 Å². The molecule has 0 aliphatic heterocycles. The molecule has 1 N–H and O–H groups in total. The molecule has 3 aromatic rings. The summed E-state index contributed by atoms with van der Waals surface area (Å²) >= 11 is 0. The van der Waals surface area contributed by atoms with Crippen LogP contribution >= 0.6 is 0 Å². The van der Waals surface area contributed by atoms with Gasteiger partial charge in [0.25, 0.3) is 0 Å². The number of para-hydroxylation sites is 1. The molecule has 3 aromatic carbocycles. The SMILES string of the molecule is Oc1cc(F)cc(-c2ccccc2OCc2ccccc2)c1. The van der Waals surface area contributed by atoms with Crippen molar-refractivity contribution in [3.63, 3.8) is 0 Å². The Hall–Kier alpha value is -2.81. The molecule has 3 rings (SSSR count). The maximum atomic E-state index is 13.5. The minimum atomic E-state index is -0.479. The first-order valence-corrected chi connectivity index (χ1v) is 6.98. The van der Waals surface area contributed by atoms with Crippen LogP contribution in [0, 0.1) is 5.82 Å². The second-order valence-electron chi connectivity index (χ2n) is 4.97. The summed E-state index contributed by atoms with van der Waals surface area (Å²) in [4.78, 5) is 0. The number of phenolic OH excluding ortho intramolecular Hbond substituents is 1. The Kier molecular flexibility index (Phi) is 4.05. The van der Waals surface area contributed by atoms with E-state index in [4.69, 9.17) is 4.74 Å². The van der Waals surface area contributed by atoms with Gasteiger partial charge in [-0.3, -0.25) is 0 Å². The minimum Gasteiger partial charge on any atom is -0.508 e. The van der Waals surface area contributed by atoms with E-state index in [2.05, 4.69) is 0 Å². The van der Waals surface area contributed by atoms with Crippen molar-refractivity contribution in [1.29, 1.82) is 0 Å². The number of halogens is 1. The van der Waals surface area contributed by atoms with E-state index in [1.165, 1.54) is 12.1 Å². The van der Waals surface area contributed by atoms with Gasteiger partial charge >= 0.3 is 0 Å². The number of benzene rings is 3. The first kappa shape index (κ1) is 14.1. The highest BCUT2D eigenvalue weighted by atomic mass is 19.1. The molecule has 0 bridgehead atoms. The number of phenols is 1. The molecule has 0 aliphatic rings. The zero-order chi connectivity index (χ0) is 15.4. The molecule has 0 radical (unpaired) electrons. The summed E-state index contributed by atoms with van der Waals surface area (Å²) in [5.41, 5.74) is 2.38. The predicted octanol–water partition coefficient (Wildman–Crippen LogP) is 4.78. The van der Waals surface area contributed by atoms with E-state index in [1.54, 1.807) is 0 Å². The molecule has 3 heteroatoms. The maximum Gasteiger partial charge on any atom is 0.127 e. The zero-order valence-electron chi connectivity index (χ0n) is 11.9. The molecule has 0 atom stereocenters. The van der Waals surface area contributed by atoms with Gasteiger partial charge in [-0.1, -0.05) is 48.5 Å². The normalized spacial score (nSPS) is 10.4. The van der Waals surface area contributed by atoms with Gasteiger partial charge < -0.3 is 9.84 Å². The molecule has 0 saturated carbocycles. The van der Waals surface area contributed by atoms with Gasteiger partial charge in [-0.2, -0.15) is 0 Å². The van der Waals surface area contributed by atoms with E-state index in [0.29, 0.717) is 17.9 Å². The van der Waals surface area contributed by atoms with Gasteiger partial charge in [-0.05, 0) is 29.3 Å². The van der Waals surface area contributed by atoms with Crippen LogP contribution in [0.5, 0.6) is 11.5 Å². The van der Waals surface area contributed by atoms with Gasteiger partial charge in [0.2, 0.25) is 0 Å². The smallest absolute Gasteiger partial charge is 0.127 e. The van der Waals surface area contributed by atoms with E-state index in [-0.39, 0.29) is 5.75 Å². The van der Waals surface area contributed by atoms with Gasteiger partial charge in [0.15, 0.2) is 0 Å². The van der Waals surface area contributed by atoms with Gasteiger partial charge in [0.05, 0.1) is 0 Å². The van der Waals surface area contributed by atoms with Crippen LogP contribution < -0.4 is 4.74 Å². The van der Waals surface area contributed by atoms with Gasteiger partial charge in [-0.25, -0.2) is 4.39 Å². The molecule has 0 saturated heterocycles. The van der Waals surface area contributed by atoms with E-state index in [0.717, 1.165) is 17.2 Å². The molecule has 0 spiro atoms. The summed E-state index contributed by atoms with van der Waals surface area (Å²) in [6.07, 6.45) is 0. The highest BCUT2D eigenvalue weighted by Crippen LogP contribution is 2.32. The Balaban J connectivity index is 1.89. The summed E-state index contributed by atoms with van der Waals surface area (Å²) in [5, 5.41) is 9.57. The molecule has 110 valence electrons. The average molecular weight is 294 g/mol. The van der Waals surface area contributed by atoms with E-state index >= 15 is 0 Å². The number of rotatable bonds is 4. The van der Waals surface area contributed by atoms with Gasteiger partial charge in [0, 0.05) is 11.6 Å². The molecule has 2 nitrogen and oxygen atoms in total. The molecular weight excluding hydrogens is 279 g/mol. The fraction of sp³-hybridized carbons (Fsp3) is 0.0526. The Bertz CT molecular complexity index is 749. The molecule has 0 aliphatic carbocycles. The monoisotopic (exact) mass is 294 g/mol. The summed E-state index contributed by atoms with van der Waals surface area (Å²) < 4.78 is 19.3. The van der Waals surface area contributed by atoms with E-state index < -0.39 is 5.82 Å². The first-order chi connectivity index (χ1) is 10.7.